The van der Waals surface area contributed by atoms with E-state index < -0.39 is 0 Å². The molecule has 3 nitrogen and oxygen atoms in total. The number of fused-ring (bicyclic) bond motifs is 1. The van der Waals surface area contributed by atoms with E-state index in [1.165, 1.54) is 0 Å². The van der Waals surface area contributed by atoms with Gasteiger partial charge in [0.25, 0.3) is 0 Å². The predicted octanol–water partition coefficient (Wildman–Crippen LogP) is 4.91. The molecule has 0 spiro atoms. The van der Waals surface area contributed by atoms with Crippen LogP contribution in [0.25, 0.3) is 22.4 Å². The van der Waals surface area contributed by atoms with E-state index in [4.69, 9.17) is 23.2 Å². The van der Waals surface area contributed by atoms with Gasteiger partial charge >= 0.3 is 0 Å². The maximum absolute atomic E-state index is 6.06. The third kappa shape index (κ3) is 2.47. The first-order valence-corrected chi connectivity index (χ1v) is 7.65. The minimum atomic E-state index is 0.341. The normalized spacial score (nSPS) is 11.0. The Labute approximate surface area is 139 Å². The van der Waals surface area contributed by atoms with E-state index in [2.05, 4.69) is 15.0 Å². The van der Waals surface area contributed by atoms with Crippen molar-refractivity contribution in [1.82, 2.24) is 15.0 Å². The van der Waals surface area contributed by atoms with Crippen LogP contribution in [0.5, 0.6) is 0 Å². The minimum absolute atomic E-state index is 0.341. The molecule has 0 atom stereocenters. The molecule has 0 N–H and O–H groups in total. The summed E-state index contributed by atoms with van der Waals surface area (Å²) in [5.74, 6) is 0.439. The lowest BCUT2D eigenvalue weighted by Gasteiger charge is -2.07. The highest BCUT2D eigenvalue weighted by Crippen LogP contribution is 2.28. The van der Waals surface area contributed by atoms with Gasteiger partial charge in [-0.25, -0.2) is 15.0 Å². The molecule has 100 valence electrons. The van der Waals surface area contributed by atoms with Crippen molar-refractivity contribution < 1.29 is 0 Å². The van der Waals surface area contributed by atoms with Gasteiger partial charge in [0.2, 0.25) is 0 Å². The van der Waals surface area contributed by atoms with Crippen LogP contribution >= 0.6 is 45.8 Å². The second-order valence-corrected chi connectivity index (χ2v) is 6.08. The highest BCUT2D eigenvalue weighted by atomic mass is 127. The van der Waals surface area contributed by atoms with E-state index in [0.29, 0.717) is 25.4 Å². The number of aromatic nitrogens is 3. The zero-order valence-electron chi connectivity index (χ0n) is 10.4. The Kier molecular flexibility index (Phi) is 3.79. The Morgan fingerprint density at radius 3 is 2.35 bits per heavy atom. The van der Waals surface area contributed by atoms with Gasteiger partial charge in [0.05, 0.1) is 9.09 Å². The first kappa shape index (κ1) is 14.0. The molecular formula is C14H8Cl2IN3. The van der Waals surface area contributed by atoms with Crippen LogP contribution in [0.3, 0.4) is 0 Å². The molecule has 0 fully saturated rings. The van der Waals surface area contributed by atoms with Gasteiger partial charge < -0.3 is 0 Å². The molecule has 0 amide bonds. The monoisotopic (exact) mass is 415 g/mol. The van der Waals surface area contributed by atoms with Gasteiger partial charge in [-0.15, -0.1) is 0 Å². The van der Waals surface area contributed by atoms with Gasteiger partial charge in [-0.2, -0.15) is 0 Å². The number of benzene rings is 1. The molecule has 0 radical (unpaired) electrons. The second-order valence-electron chi connectivity index (χ2n) is 4.28. The fraction of sp³-hybridized carbons (Fsp3) is 0.0714. The summed E-state index contributed by atoms with van der Waals surface area (Å²) in [5, 5.41) is 1.79. The standard InChI is InChI=1S/C14H8Cl2IN3/c1-7-6-10(18-9-5-3-2-4-8(7)9)14-19-12(15)11(17)13(16)20-14/h2-6H,1H3. The van der Waals surface area contributed by atoms with Crippen molar-refractivity contribution in [3.63, 3.8) is 0 Å². The Hall–Kier alpha value is -0.980. The van der Waals surface area contributed by atoms with E-state index >= 15 is 0 Å². The number of rotatable bonds is 1. The summed E-state index contributed by atoms with van der Waals surface area (Å²) in [6, 6.07) is 9.88. The van der Waals surface area contributed by atoms with Crippen LogP contribution in [0.15, 0.2) is 30.3 Å². The largest absolute Gasteiger partial charge is 0.244 e. The lowest BCUT2D eigenvalue weighted by atomic mass is 10.1. The Morgan fingerprint density at radius 2 is 1.65 bits per heavy atom. The third-order valence-corrected chi connectivity index (χ3v) is 5.13. The van der Waals surface area contributed by atoms with Gasteiger partial charge in [0.1, 0.15) is 16.0 Å². The molecule has 0 saturated heterocycles. The fourth-order valence-electron chi connectivity index (χ4n) is 1.97. The van der Waals surface area contributed by atoms with Crippen LogP contribution in [-0.4, -0.2) is 15.0 Å². The van der Waals surface area contributed by atoms with Gasteiger partial charge in [-0.3, -0.25) is 0 Å². The number of para-hydroxylation sites is 1. The Bertz CT molecular complexity index is 798. The number of hydrogen-bond acceptors (Lipinski definition) is 3. The van der Waals surface area contributed by atoms with Crippen LogP contribution < -0.4 is 0 Å². The summed E-state index contributed by atoms with van der Waals surface area (Å²) in [4.78, 5) is 13.1. The SMILES string of the molecule is Cc1cc(-c2nc(Cl)c(I)c(Cl)n2)nc2ccccc12. The first-order chi connectivity index (χ1) is 9.56. The number of hydrogen-bond donors (Lipinski definition) is 0. The minimum Gasteiger partial charge on any atom is -0.244 e. The number of nitrogens with zero attached hydrogens (tertiary/aromatic N) is 3. The van der Waals surface area contributed by atoms with E-state index in [-0.39, 0.29) is 0 Å². The van der Waals surface area contributed by atoms with Crippen molar-refractivity contribution >= 4 is 56.7 Å². The van der Waals surface area contributed by atoms with Crippen molar-refractivity contribution in [2.45, 2.75) is 6.92 Å². The molecule has 6 heteroatoms. The molecule has 2 aromatic heterocycles. The molecule has 0 aliphatic carbocycles. The lowest BCUT2D eigenvalue weighted by Crippen LogP contribution is -1.97. The molecule has 0 unspecified atom stereocenters. The maximum atomic E-state index is 6.06. The molecule has 0 aliphatic rings. The van der Waals surface area contributed by atoms with E-state index in [1.54, 1.807) is 0 Å². The summed E-state index contributed by atoms with van der Waals surface area (Å²) in [7, 11) is 0. The molecule has 20 heavy (non-hydrogen) atoms. The molecular weight excluding hydrogens is 408 g/mol. The summed E-state index contributed by atoms with van der Waals surface area (Å²) in [6.07, 6.45) is 0. The highest BCUT2D eigenvalue weighted by molar-refractivity contribution is 14.1. The first-order valence-electron chi connectivity index (χ1n) is 5.81. The number of aryl methyl sites for hydroxylation is 1. The van der Waals surface area contributed by atoms with Crippen LogP contribution in [0.4, 0.5) is 0 Å². The van der Waals surface area contributed by atoms with Crippen LogP contribution in [0.2, 0.25) is 10.3 Å². The van der Waals surface area contributed by atoms with Crippen LogP contribution in [-0.2, 0) is 0 Å². The van der Waals surface area contributed by atoms with E-state index in [0.717, 1.165) is 16.5 Å². The van der Waals surface area contributed by atoms with Crippen molar-refractivity contribution in [2.75, 3.05) is 0 Å². The zero-order chi connectivity index (χ0) is 14.3. The van der Waals surface area contributed by atoms with Crippen LogP contribution in [0.1, 0.15) is 5.56 Å². The Morgan fingerprint density at radius 1 is 1.00 bits per heavy atom. The van der Waals surface area contributed by atoms with Gasteiger partial charge in [-0.1, -0.05) is 41.4 Å². The van der Waals surface area contributed by atoms with Crippen molar-refractivity contribution in [1.29, 1.82) is 0 Å². The molecule has 0 aliphatic heterocycles. The second kappa shape index (κ2) is 5.42. The molecule has 0 bridgehead atoms. The molecule has 1 aromatic carbocycles. The summed E-state index contributed by atoms with van der Waals surface area (Å²) >= 11 is 14.1. The highest BCUT2D eigenvalue weighted by Gasteiger charge is 2.12. The van der Waals surface area contributed by atoms with E-state index in [9.17, 15) is 0 Å². The van der Waals surface area contributed by atoms with E-state index in [1.807, 2.05) is 59.8 Å². The summed E-state index contributed by atoms with van der Waals surface area (Å²) in [6.45, 7) is 2.03. The maximum Gasteiger partial charge on any atom is 0.181 e. The van der Waals surface area contributed by atoms with Crippen molar-refractivity contribution in [3.8, 4) is 11.5 Å². The predicted molar refractivity (Wildman–Crippen MR) is 90.2 cm³/mol. The Balaban J connectivity index is 2.25. The summed E-state index contributed by atoms with van der Waals surface area (Å²) in [5.41, 5.74) is 2.68. The quantitative estimate of drug-likeness (QED) is 0.418. The third-order valence-electron chi connectivity index (χ3n) is 2.92. The average molecular weight is 416 g/mol. The zero-order valence-corrected chi connectivity index (χ0v) is 14.0. The molecule has 3 aromatic rings. The smallest absolute Gasteiger partial charge is 0.181 e. The molecule has 3 rings (SSSR count). The van der Waals surface area contributed by atoms with Gasteiger partial charge in [-0.05, 0) is 47.2 Å². The van der Waals surface area contributed by atoms with Gasteiger partial charge in [0.15, 0.2) is 5.82 Å². The van der Waals surface area contributed by atoms with Gasteiger partial charge in [0, 0.05) is 5.39 Å². The molecule has 0 saturated carbocycles. The fourth-order valence-corrected chi connectivity index (χ4v) is 2.60. The number of pyridine rings is 1. The average Bonchev–Trinajstić information content (AvgIpc) is 2.44. The molecule has 2 heterocycles. The lowest BCUT2D eigenvalue weighted by molar-refractivity contribution is 1.13. The summed E-state index contributed by atoms with van der Waals surface area (Å²) < 4.78 is 0.646. The van der Waals surface area contributed by atoms with Crippen molar-refractivity contribution in [3.05, 3.63) is 49.8 Å². The van der Waals surface area contributed by atoms with Crippen LogP contribution in [0, 0.1) is 10.5 Å². The topological polar surface area (TPSA) is 38.7 Å². The van der Waals surface area contributed by atoms with Crippen molar-refractivity contribution in [2.24, 2.45) is 0 Å². The number of halogens is 3.